The Morgan fingerprint density at radius 3 is 2.80 bits per heavy atom. The van der Waals surface area contributed by atoms with Crippen LogP contribution in [-0.4, -0.2) is 44.5 Å². The highest BCUT2D eigenvalue weighted by Gasteiger charge is 2.29. The fourth-order valence-electron chi connectivity index (χ4n) is 4.50. The van der Waals surface area contributed by atoms with Gasteiger partial charge in [-0.25, -0.2) is 9.66 Å². The van der Waals surface area contributed by atoms with Gasteiger partial charge in [0.05, 0.1) is 6.04 Å². The van der Waals surface area contributed by atoms with Crippen LogP contribution in [-0.2, 0) is 19.4 Å². The van der Waals surface area contributed by atoms with Crippen molar-refractivity contribution in [1.82, 2.24) is 19.5 Å². The SMILES string of the molecule is CC.CCCc1cnc2n(c1=O)NC(N1CCc3ncc(/C(C=NC4CC4)=C/N)cc3C1)C(C)=C2. The molecule has 0 spiro atoms. The van der Waals surface area contributed by atoms with Crippen molar-refractivity contribution in [3.8, 4) is 0 Å². The summed E-state index contributed by atoms with van der Waals surface area (Å²) in [4.78, 5) is 29.1. The Bertz CT molecular complexity index is 1210. The molecule has 35 heavy (non-hydrogen) atoms. The van der Waals surface area contributed by atoms with Gasteiger partial charge in [0.1, 0.15) is 6.17 Å². The zero-order chi connectivity index (χ0) is 24.9. The Balaban J connectivity index is 0.00000141. The minimum atomic E-state index is -0.0772. The third-order valence-electron chi connectivity index (χ3n) is 6.54. The number of aliphatic imine (C=N–C) groups is 1. The minimum Gasteiger partial charge on any atom is -0.404 e. The van der Waals surface area contributed by atoms with E-state index in [4.69, 9.17) is 10.7 Å². The lowest BCUT2D eigenvalue weighted by Crippen LogP contribution is -2.52. The number of nitrogens with two attached hydrogens (primary N) is 1. The van der Waals surface area contributed by atoms with Crippen LogP contribution in [0.15, 0.2) is 40.0 Å². The van der Waals surface area contributed by atoms with Crippen molar-refractivity contribution in [2.75, 3.05) is 12.0 Å². The summed E-state index contributed by atoms with van der Waals surface area (Å²) in [7, 11) is 0. The van der Waals surface area contributed by atoms with Gasteiger partial charge in [-0.15, -0.1) is 0 Å². The zero-order valence-electron chi connectivity index (χ0n) is 21.3. The second-order valence-electron chi connectivity index (χ2n) is 9.13. The molecule has 8 heteroatoms. The van der Waals surface area contributed by atoms with E-state index >= 15 is 0 Å². The van der Waals surface area contributed by atoms with E-state index in [0.717, 1.165) is 73.2 Å². The average Bonchev–Trinajstić information content (AvgIpc) is 3.71. The molecule has 1 saturated carbocycles. The molecule has 2 aliphatic heterocycles. The highest BCUT2D eigenvalue weighted by atomic mass is 16.1. The Morgan fingerprint density at radius 2 is 2.09 bits per heavy atom. The van der Waals surface area contributed by atoms with Gasteiger partial charge in [0.15, 0.2) is 5.82 Å². The van der Waals surface area contributed by atoms with Crippen LogP contribution in [0.1, 0.15) is 75.2 Å². The Hall–Kier alpha value is -3.26. The molecule has 1 unspecified atom stereocenters. The molecule has 4 heterocycles. The number of pyridine rings is 1. The fourth-order valence-corrected chi connectivity index (χ4v) is 4.50. The largest absolute Gasteiger partial charge is 0.404 e. The van der Waals surface area contributed by atoms with Gasteiger partial charge in [0.2, 0.25) is 0 Å². The molecule has 3 N–H and O–H groups in total. The molecule has 3 aliphatic rings. The Kier molecular flexibility index (Phi) is 7.80. The first kappa shape index (κ1) is 24.9. The van der Waals surface area contributed by atoms with Gasteiger partial charge in [-0.3, -0.25) is 25.1 Å². The summed E-state index contributed by atoms with van der Waals surface area (Å²) in [5.74, 6) is 0.655. The number of hydrogen-bond acceptors (Lipinski definition) is 7. The maximum atomic E-state index is 13.0. The number of aromatic nitrogens is 3. The zero-order valence-corrected chi connectivity index (χ0v) is 21.3. The first-order valence-electron chi connectivity index (χ1n) is 12.8. The molecule has 2 aromatic rings. The summed E-state index contributed by atoms with van der Waals surface area (Å²) in [6.45, 7) is 9.75. The van der Waals surface area contributed by atoms with Crippen molar-refractivity contribution in [3.05, 3.63) is 68.8 Å². The van der Waals surface area contributed by atoms with E-state index in [1.807, 2.05) is 32.3 Å². The molecule has 0 aromatic carbocycles. The number of fused-ring (bicyclic) bond motifs is 2. The van der Waals surface area contributed by atoms with E-state index in [2.05, 4.69) is 40.2 Å². The van der Waals surface area contributed by atoms with Crippen LogP contribution in [0, 0.1) is 0 Å². The summed E-state index contributed by atoms with van der Waals surface area (Å²) in [6.07, 6.45) is 13.8. The molecule has 0 radical (unpaired) electrons. The second-order valence-corrected chi connectivity index (χ2v) is 9.13. The quantitative estimate of drug-likeness (QED) is 0.620. The standard InChI is InChI=1S/C25H31N7O.C2H6/c1-3-4-17-12-29-23-9-16(2)24(30-32(23)25(17)33)31-8-7-22-19(15-31)10-18(13-28-22)20(11-26)14-27-21-5-6-21;1-2/h9-14,21,24,30H,3-8,15,26H2,1-2H3;1-2H3/b20-11+,27-14?;. The molecule has 186 valence electrons. The lowest BCUT2D eigenvalue weighted by Gasteiger charge is -2.39. The van der Waals surface area contributed by atoms with Crippen LogP contribution in [0.4, 0.5) is 0 Å². The van der Waals surface area contributed by atoms with E-state index < -0.39 is 0 Å². The molecular weight excluding hydrogens is 438 g/mol. The third kappa shape index (κ3) is 5.37. The predicted molar refractivity (Wildman–Crippen MR) is 143 cm³/mol. The molecule has 8 nitrogen and oxygen atoms in total. The average molecular weight is 476 g/mol. The van der Waals surface area contributed by atoms with Gasteiger partial charge in [-0.1, -0.05) is 27.2 Å². The van der Waals surface area contributed by atoms with Crippen molar-refractivity contribution in [3.63, 3.8) is 0 Å². The van der Waals surface area contributed by atoms with Crippen molar-refractivity contribution in [2.24, 2.45) is 10.7 Å². The van der Waals surface area contributed by atoms with Crippen molar-refractivity contribution >= 4 is 17.9 Å². The molecule has 0 saturated heterocycles. The van der Waals surface area contributed by atoms with Crippen molar-refractivity contribution in [2.45, 2.75) is 78.6 Å². The first-order valence-corrected chi connectivity index (χ1v) is 12.8. The maximum absolute atomic E-state index is 13.0. The second kappa shape index (κ2) is 11.0. The van der Waals surface area contributed by atoms with Gasteiger partial charge in [-0.2, -0.15) is 0 Å². The molecule has 1 fully saturated rings. The molecule has 2 aromatic heterocycles. The molecule has 1 atom stereocenters. The predicted octanol–water partition coefficient (Wildman–Crippen LogP) is 3.49. The van der Waals surface area contributed by atoms with Gasteiger partial charge in [0.25, 0.3) is 5.56 Å². The van der Waals surface area contributed by atoms with E-state index in [0.29, 0.717) is 11.9 Å². The normalized spacial score (nSPS) is 19.8. The van der Waals surface area contributed by atoms with Crippen molar-refractivity contribution < 1.29 is 0 Å². The first-order chi connectivity index (χ1) is 17.1. The number of aryl methyl sites for hydroxylation is 1. The maximum Gasteiger partial charge on any atom is 0.275 e. The van der Waals surface area contributed by atoms with Gasteiger partial charge in [0, 0.05) is 66.7 Å². The van der Waals surface area contributed by atoms with E-state index in [9.17, 15) is 4.79 Å². The topological polar surface area (TPSA) is 101 Å². The van der Waals surface area contributed by atoms with Crippen LogP contribution in [0.3, 0.4) is 0 Å². The van der Waals surface area contributed by atoms with Crippen LogP contribution in [0.2, 0.25) is 0 Å². The highest BCUT2D eigenvalue weighted by molar-refractivity contribution is 6.09. The van der Waals surface area contributed by atoms with Crippen LogP contribution in [0.5, 0.6) is 0 Å². The van der Waals surface area contributed by atoms with Gasteiger partial charge in [-0.05, 0) is 49.5 Å². The highest BCUT2D eigenvalue weighted by Crippen LogP contribution is 2.27. The number of nitrogens with zero attached hydrogens (tertiary/aromatic N) is 5. The van der Waals surface area contributed by atoms with Gasteiger partial charge < -0.3 is 5.73 Å². The smallest absolute Gasteiger partial charge is 0.275 e. The van der Waals surface area contributed by atoms with Gasteiger partial charge >= 0.3 is 0 Å². The number of nitrogens with one attached hydrogen (secondary N) is 1. The lowest BCUT2D eigenvalue weighted by molar-refractivity contribution is 0.205. The third-order valence-corrected chi connectivity index (χ3v) is 6.54. The van der Waals surface area contributed by atoms with Crippen LogP contribution >= 0.6 is 0 Å². The summed E-state index contributed by atoms with van der Waals surface area (Å²) in [6, 6.07) is 2.63. The van der Waals surface area contributed by atoms with E-state index in [1.54, 1.807) is 17.1 Å². The Morgan fingerprint density at radius 1 is 1.29 bits per heavy atom. The number of rotatable bonds is 6. The lowest BCUT2D eigenvalue weighted by atomic mass is 9.99. The molecule has 0 bridgehead atoms. The summed E-state index contributed by atoms with van der Waals surface area (Å²) >= 11 is 0. The summed E-state index contributed by atoms with van der Waals surface area (Å²) in [5.41, 5.74) is 15.4. The van der Waals surface area contributed by atoms with E-state index in [-0.39, 0.29) is 11.7 Å². The molecule has 5 rings (SSSR count). The summed E-state index contributed by atoms with van der Waals surface area (Å²) in [5, 5.41) is 0. The number of allylic oxidation sites excluding steroid dienone is 1. The van der Waals surface area contributed by atoms with Crippen LogP contribution < -0.4 is 16.7 Å². The van der Waals surface area contributed by atoms with Crippen LogP contribution in [0.25, 0.3) is 11.6 Å². The Labute approximate surface area is 207 Å². The van der Waals surface area contributed by atoms with E-state index in [1.165, 1.54) is 5.56 Å². The molecular formula is C27H37N7O. The monoisotopic (exact) mass is 475 g/mol. The summed E-state index contributed by atoms with van der Waals surface area (Å²) < 4.78 is 1.61. The fraction of sp³-hybridized carbons (Fsp3) is 0.481. The molecule has 1 aliphatic carbocycles. The minimum absolute atomic E-state index is 0.00960. The number of hydrogen-bond donors (Lipinski definition) is 2. The van der Waals surface area contributed by atoms with Crippen molar-refractivity contribution in [1.29, 1.82) is 0 Å². The molecule has 0 amide bonds.